The monoisotopic (exact) mass is 388 g/mol. The van der Waals surface area contributed by atoms with Crippen LogP contribution in [0.1, 0.15) is 28.7 Å². The minimum Gasteiger partial charge on any atom is -0.449 e. The average Bonchev–Trinajstić information content (AvgIpc) is 3.17. The fourth-order valence-corrected chi connectivity index (χ4v) is 2.75. The maximum absolute atomic E-state index is 12.5. The lowest BCUT2D eigenvalue weighted by molar-refractivity contribution is -0.123. The second kappa shape index (κ2) is 7.63. The van der Waals surface area contributed by atoms with Gasteiger partial charge in [0.15, 0.2) is 11.9 Å². The number of ether oxygens (including phenoxy) is 1. The maximum atomic E-state index is 12.5. The summed E-state index contributed by atoms with van der Waals surface area (Å²) in [7, 11) is 0. The van der Waals surface area contributed by atoms with Crippen molar-refractivity contribution in [2.45, 2.75) is 26.9 Å². The van der Waals surface area contributed by atoms with E-state index in [9.17, 15) is 9.59 Å². The highest BCUT2D eigenvalue weighted by Crippen LogP contribution is 2.24. The third kappa shape index (κ3) is 4.01. The second-order valence-electron chi connectivity index (χ2n) is 5.86. The molecule has 1 N–H and O–H groups in total. The van der Waals surface area contributed by atoms with Crippen molar-refractivity contribution in [3.8, 4) is 5.69 Å². The van der Waals surface area contributed by atoms with Crippen molar-refractivity contribution in [1.29, 1.82) is 0 Å². The summed E-state index contributed by atoms with van der Waals surface area (Å²) in [6.07, 6.45) is -1.06. The molecule has 0 aliphatic carbocycles. The van der Waals surface area contributed by atoms with Crippen LogP contribution >= 0.6 is 11.6 Å². The van der Waals surface area contributed by atoms with Crippen LogP contribution in [0.2, 0.25) is 5.15 Å². The second-order valence-corrected chi connectivity index (χ2v) is 6.22. The number of esters is 1. The fraction of sp³-hybridized carbons (Fsp3) is 0.222. The number of hydrogen-bond acceptors (Lipinski definition) is 6. The van der Waals surface area contributed by atoms with Crippen LogP contribution in [-0.4, -0.2) is 32.9 Å². The molecule has 1 aromatic carbocycles. The van der Waals surface area contributed by atoms with E-state index >= 15 is 0 Å². The summed E-state index contributed by atoms with van der Waals surface area (Å²) < 4.78 is 11.6. The third-order valence-electron chi connectivity index (χ3n) is 3.74. The number of nitrogens with zero attached hydrogens (tertiary/aromatic N) is 3. The van der Waals surface area contributed by atoms with Crippen molar-refractivity contribution in [1.82, 2.24) is 14.9 Å². The fourth-order valence-electron chi connectivity index (χ4n) is 2.40. The first-order valence-corrected chi connectivity index (χ1v) is 8.50. The highest BCUT2D eigenvalue weighted by Gasteiger charge is 2.26. The number of carbonyl (C=O) groups excluding carboxylic acids is 2. The van der Waals surface area contributed by atoms with Crippen LogP contribution in [0.25, 0.3) is 5.69 Å². The molecule has 0 aliphatic rings. The summed E-state index contributed by atoms with van der Waals surface area (Å²) in [6, 6.07) is 10.7. The smallest absolute Gasteiger partial charge is 0.344 e. The number of nitrogens with one attached hydrogen (secondary N) is 1. The number of aryl methyl sites for hydroxylation is 2. The van der Waals surface area contributed by atoms with Crippen LogP contribution < -0.4 is 5.32 Å². The number of halogens is 1. The maximum Gasteiger partial charge on any atom is 0.344 e. The molecule has 27 heavy (non-hydrogen) atoms. The molecule has 1 atom stereocenters. The molecule has 2 aromatic heterocycles. The molecule has 0 radical (unpaired) electrons. The van der Waals surface area contributed by atoms with Crippen molar-refractivity contribution in [3.63, 3.8) is 0 Å². The van der Waals surface area contributed by atoms with Crippen LogP contribution in [0.5, 0.6) is 0 Å². The van der Waals surface area contributed by atoms with E-state index in [2.05, 4.69) is 15.6 Å². The number of carbonyl (C=O) groups is 2. The van der Waals surface area contributed by atoms with Crippen molar-refractivity contribution in [2.24, 2.45) is 0 Å². The molecule has 140 valence electrons. The van der Waals surface area contributed by atoms with Gasteiger partial charge in [-0.1, -0.05) is 35.0 Å². The summed E-state index contributed by atoms with van der Waals surface area (Å²) in [6.45, 7) is 4.79. The first-order chi connectivity index (χ1) is 12.9. The van der Waals surface area contributed by atoms with Gasteiger partial charge in [0.25, 0.3) is 5.91 Å². The molecular formula is C18H17ClN4O4. The van der Waals surface area contributed by atoms with E-state index in [-0.39, 0.29) is 16.5 Å². The Balaban J connectivity index is 1.74. The quantitative estimate of drug-likeness (QED) is 0.673. The topological polar surface area (TPSA) is 99.2 Å². The summed E-state index contributed by atoms with van der Waals surface area (Å²) in [4.78, 5) is 24.7. The molecule has 0 spiro atoms. The zero-order valence-corrected chi connectivity index (χ0v) is 15.6. The first-order valence-electron chi connectivity index (χ1n) is 8.12. The molecule has 2 heterocycles. The summed E-state index contributed by atoms with van der Waals surface area (Å²) >= 11 is 6.33. The minimum atomic E-state index is -1.06. The first kappa shape index (κ1) is 18.7. The van der Waals surface area contributed by atoms with Gasteiger partial charge in [0.2, 0.25) is 0 Å². The number of aromatic nitrogens is 3. The number of hydrogen-bond donors (Lipinski definition) is 1. The predicted octanol–water partition coefficient (Wildman–Crippen LogP) is 3.31. The Bertz CT molecular complexity index is 981. The average molecular weight is 389 g/mol. The van der Waals surface area contributed by atoms with Gasteiger partial charge in [0.1, 0.15) is 16.5 Å². The zero-order chi connectivity index (χ0) is 19.6. The van der Waals surface area contributed by atoms with E-state index in [0.717, 1.165) is 0 Å². The van der Waals surface area contributed by atoms with Gasteiger partial charge in [-0.15, -0.1) is 0 Å². The molecule has 0 aliphatic heterocycles. The van der Waals surface area contributed by atoms with Gasteiger partial charge in [0.05, 0.1) is 11.4 Å². The van der Waals surface area contributed by atoms with Gasteiger partial charge in [0, 0.05) is 6.07 Å². The van der Waals surface area contributed by atoms with Crippen LogP contribution in [0.15, 0.2) is 40.9 Å². The SMILES string of the molecule is Cc1cc(NC(=O)[C@@H](C)OC(=O)c2c(C)nn(-c3ccccc3)c2Cl)no1. The number of rotatable bonds is 5. The van der Waals surface area contributed by atoms with E-state index in [4.69, 9.17) is 20.9 Å². The summed E-state index contributed by atoms with van der Waals surface area (Å²) in [5, 5.41) is 10.6. The molecule has 1 amide bonds. The summed E-state index contributed by atoms with van der Waals surface area (Å²) in [5.41, 5.74) is 1.21. The standard InChI is InChI=1S/C18H17ClN4O4/c1-10-9-14(22-27-10)20-17(24)12(3)26-18(25)15-11(2)21-23(16(15)19)13-7-5-4-6-8-13/h4-9,12H,1-3H3,(H,20,22,24)/t12-/m1/s1. The number of amides is 1. The van der Waals surface area contributed by atoms with Crippen LogP contribution in [0.4, 0.5) is 5.82 Å². The molecule has 0 bridgehead atoms. The Morgan fingerprint density at radius 2 is 1.96 bits per heavy atom. The molecule has 0 saturated carbocycles. The molecule has 0 unspecified atom stereocenters. The third-order valence-corrected chi connectivity index (χ3v) is 4.09. The van der Waals surface area contributed by atoms with E-state index in [0.29, 0.717) is 17.1 Å². The van der Waals surface area contributed by atoms with Crippen LogP contribution in [0.3, 0.4) is 0 Å². The Kier molecular flexibility index (Phi) is 5.27. The Hall–Kier alpha value is -3.13. The van der Waals surface area contributed by atoms with Crippen molar-refractivity contribution in [3.05, 3.63) is 58.6 Å². The Labute approximate surface area is 160 Å². The van der Waals surface area contributed by atoms with Crippen molar-refractivity contribution in [2.75, 3.05) is 5.32 Å². The lowest BCUT2D eigenvalue weighted by atomic mass is 10.2. The van der Waals surface area contributed by atoms with Gasteiger partial charge < -0.3 is 14.6 Å². The van der Waals surface area contributed by atoms with Crippen LogP contribution in [0, 0.1) is 13.8 Å². The predicted molar refractivity (Wildman–Crippen MR) is 98.1 cm³/mol. The number of anilines is 1. The van der Waals surface area contributed by atoms with Gasteiger partial charge in [-0.25, -0.2) is 9.48 Å². The normalized spacial score (nSPS) is 11.9. The largest absolute Gasteiger partial charge is 0.449 e. The minimum absolute atomic E-state index is 0.109. The van der Waals surface area contributed by atoms with Crippen LogP contribution in [-0.2, 0) is 9.53 Å². The number of para-hydroxylation sites is 1. The van der Waals surface area contributed by atoms with Crippen molar-refractivity contribution < 1.29 is 18.8 Å². The van der Waals surface area contributed by atoms with E-state index in [1.54, 1.807) is 19.9 Å². The number of benzene rings is 1. The van der Waals surface area contributed by atoms with Gasteiger partial charge in [-0.2, -0.15) is 5.10 Å². The molecule has 0 saturated heterocycles. The lowest BCUT2D eigenvalue weighted by Crippen LogP contribution is -2.30. The molecule has 0 fully saturated rings. The summed E-state index contributed by atoms with van der Waals surface area (Å²) in [5.74, 6) is -0.489. The van der Waals surface area contributed by atoms with E-state index < -0.39 is 18.0 Å². The Morgan fingerprint density at radius 3 is 2.59 bits per heavy atom. The molecular weight excluding hydrogens is 372 g/mol. The Morgan fingerprint density at radius 1 is 1.26 bits per heavy atom. The van der Waals surface area contributed by atoms with Gasteiger partial charge >= 0.3 is 5.97 Å². The molecule has 8 nitrogen and oxygen atoms in total. The molecule has 9 heteroatoms. The highest BCUT2D eigenvalue weighted by atomic mass is 35.5. The molecule has 3 aromatic rings. The van der Waals surface area contributed by atoms with Crippen molar-refractivity contribution >= 4 is 29.3 Å². The van der Waals surface area contributed by atoms with Gasteiger partial charge in [-0.05, 0) is 32.9 Å². The van der Waals surface area contributed by atoms with E-state index in [1.807, 2.05) is 30.3 Å². The van der Waals surface area contributed by atoms with Gasteiger partial charge in [-0.3, -0.25) is 4.79 Å². The highest BCUT2D eigenvalue weighted by molar-refractivity contribution is 6.33. The lowest BCUT2D eigenvalue weighted by Gasteiger charge is -2.12. The molecule has 3 rings (SSSR count). The van der Waals surface area contributed by atoms with E-state index in [1.165, 1.54) is 11.6 Å². The zero-order valence-electron chi connectivity index (χ0n) is 14.9.